The van der Waals surface area contributed by atoms with Crippen LogP contribution in [0.3, 0.4) is 0 Å². The van der Waals surface area contributed by atoms with E-state index in [1.807, 2.05) is 0 Å². The van der Waals surface area contributed by atoms with Crippen LogP contribution in [-0.4, -0.2) is 27.8 Å². The van der Waals surface area contributed by atoms with E-state index in [1.54, 1.807) is 55.3 Å². The Morgan fingerprint density at radius 3 is 2.82 bits per heavy atom. The van der Waals surface area contributed by atoms with Gasteiger partial charge in [-0.15, -0.1) is 0 Å². The fourth-order valence-corrected chi connectivity index (χ4v) is 3.22. The summed E-state index contributed by atoms with van der Waals surface area (Å²) in [7, 11) is 3.28. The second kappa shape index (κ2) is 6.80. The summed E-state index contributed by atoms with van der Waals surface area (Å²) in [6.45, 7) is 1.79. The Bertz CT molecular complexity index is 1120. The van der Waals surface area contributed by atoms with Crippen LogP contribution in [0.2, 0.25) is 0 Å². The van der Waals surface area contributed by atoms with Crippen molar-refractivity contribution in [2.24, 2.45) is 7.05 Å². The molecule has 3 aromatic rings. The molecular weight excluding hydrogens is 361 g/mol. The van der Waals surface area contributed by atoms with Gasteiger partial charge in [-0.25, -0.2) is 9.37 Å². The summed E-state index contributed by atoms with van der Waals surface area (Å²) in [5.41, 5.74) is 3.44. The third kappa shape index (κ3) is 2.98. The van der Waals surface area contributed by atoms with E-state index in [0.717, 1.165) is 5.69 Å². The maximum Gasteiger partial charge on any atom is 0.259 e. The van der Waals surface area contributed by atoms with Gasteiger partial charge in [-0.1, -0.05) is 6.07 Å². The number of ether oxygens (including phenoxy) is 1. The molecule has 0 saturated carbocycles. The molecule has 8 heteroatoms. The molecule has 0 saturated heterocycles. The van der Waals surface area contributed by atoms with Gasteiger partial charge in [-0.2, -0.15) is 5.10 Å². The van der Waals surface area contributed by atoms with Gasteiger partial charge in [0.05, 0.1) is 41.5 Å². The highest BCUT2D eigenvalue weighted by Crippen LogP contribution is 2.37. The van der Waals surface area contributed by atoms with Crippen molar-refractivity contribution in [3.8, 4) is 17.0 Å². The van der Waals surface area contributed by atoms with Crippen molar-refractivity contribution in [2.45, 2.75) is 6.92 Å². The summed E-state index contributed by atoms with van der Waals surface area (Å²) in [6.07, 6.45) is 3.46. The van der Waals surface area contributed by atoms with Gasteiger partial charge in [-0.05, 0) is 31.2 Å². The lowest BCUT2D eigenvalue weighted by Crippen LogP contribution is -2.09. The number of carbonyl (C=O) groups is 1. The van der Waals surface area contributed by atoms with E-state index < -0.39 is 5.82 Å². The summed E-state index contributed by atoms with van der Waals surface area (Å²) >= 11 is 0. The van der Waals surface area contributed by atoms with E-state index >= 15 is 0 Å². The molecule has 142 valence electrons. The summed E-state index contributed by atoms with van der Waals surface area (Å²) in [5.74, 6) is -0.339. The lowest BCUT2D eigenvalue weighted by molar-refractivity contribution is -0.110. The molecule has 2 N–H and O–H groups in total. The fourth-order valence-electron chi connectivity index (χ4n) is 3.22. The normalized spacial score (nSPS) is 14.5. The average molecular weight is 379 g/mol. The van der Waals surface area contributed by atoms with Crippen LogP contribution < -0.4 is 15.4 Å². The fraction of sp³-hybridized carbons (Fsp3) is 0.150. The molecule has 3 heterocycles. The van der Waals surface area contributed by atoms with Crippen LogP contribution in [0.5, 0.6) is 5.75 Å². The minimum Gasteiger partial charge on any atom is -0.496 e. The Labute approximate surface area is 160 Å². The molecule has 0 unspecified atom stereocenters. The van der Waals surface area contributed by atoms with Crippen molar-refractivity contribution < 1.29 is 13.9 Å². The third-order valence-corrected chi connectivity index (χ3v) is 4.47. The first kappa shape index (κ1) is 17.7. The van der Waals surface area contributed by atoms with Crippen LogP contribution in [0.15, 0.2) is 48.4 Å². The summed E-state index contributed by atoms with van der Waals surface area (Å²) < 4.78 is 21.4. The number of hydrogen-bond donors (Lipinski definition) is 2. The molecule has 0 aliphatic carbocycles. The number of benzene rings is 1. The Morgan fingerprint density at radius 2 is 2.11 bits per heavy atom. The van der Waals surface area contributed by atoms with Crippen molar-refractivity contribution >= 4 is 22.9 Å². The van der Waals surface area contributed by atoms with Crippen LogP contribution in [0.1, 0.15) is 12.6 Å². The van der Waals surface area contributed by atoms with Crippen molar-refractivity contribution in [3.05, 3.63) is 59.9 Å². The average Bonchev–Trinajstić information content (AvgIpc) is 3.22. The zero-order valence-electron chi connectivity index (χ0n) is 15.6. The lowest BCUT2D eigenvalue weighted by atomic mass is 10.1. The van der Waals surface area contributed by atoms with Gasteiger partial charge < -0.3 is 15.4 Å². The maximum absolute atomic E-state index is 14.5. The minimum absolute atomic E-state index is 0.254. The Kier molecular flexibility index (Phi) is 4.31. The molecule has 28 heavy (non-hydrogen) atoms. The summed E-state index contributed by atoms with van der Waals surface area (Å²) in [5, 5.41) is 10.1. The van der Waals surface area contributed by atoms with Crippen LogP contribution in [0.4, 0.5) is 15.8 Å². The van der Waals surface area contributed by atoms with Crippen LogP contribution in [0.25, 0.3) is 16.8 Å². The molecule has 2 aromatic heterocycles. The second-order valence-corrected chi connectivity index (χ2v) is 6.39. The molecule has 1 aromatic carbocycles. The summed E-state index contributed by atoms with van der Waals surface area (Å²) in [4.78, 5) is 17.1. The molecule has 0 radical (unpaired) electrons. The van der Waals surface area contributed by atoms with Crippen molar-refractivity contribution in [1.29, 1.82) is 0 Å². The standard InChI is InChI=1S/C20H18FN5O2/c1-11(23-12-9-22-26(2)10-12)17-19-15(25-20(17)27)8-7-14(24-19)18-13(21)5-4-6-16(18)28-3/h4-10,23H,1-3H3,(H,25,27)/b17-11-. The van der Waals surface area contributed by atoms with Gasteiger partial charge in [0, 0.05) is 18.9 Å². The first-order chi connectivity index (χ1) is 13.5. The number of anilines is 2. The predicted molar refractivity (Wildman–Crippen MR) is 104 cm³/mol. The zero-order chi connectivity index (χ0) is 19.8. The minimum atomic E-state index is -0.445. The largest absolute Gasteiger partial charge is 0.496 e. The molecule has 0 bridgehead atoms. The quantitative estimate of drug-likeness (QED) is 0.679. The first-order valence-corrected chi connectivity index (χ1v) is 8.60. The molecular formula is C20H18FN5O2. The number of aromatic nitrogens is 3. The number of rotatable bonds is 4. The topological polar surface area (TPSA) is 81.1 Å². The van der Waals surface area contributed by atoms with Crippen LogP contribution >= 0.6 is 0 Å². The molecule has 1 amide bonds. The second-order valence-electron chi connectivity index (χ2n) is 6.39. The van der Waals surface area contributed by atoms with Gasteiger partial charge in [0.25, 0.3) is 5.91 Å². The molecule has 1 aliphatic rings. The molecule has 0 spiro atoms. The lowest BCUT2D eigenvalue weighted by Gasteiger charge is -2.11. The Hall–Kier alpha value is -3.68. The third-order valence-electron chi connectivity index (χ3n) is 4.47. The Morgan fingerprint density at radius 1 is 1.29 bits per heavy atom. The van der Waals surface area contributed by atoms with Gasteiger partial charge >= 0.3 is 0 Å². The van der Waals surface area contributed by atoms with E-state index in [9.17, 15) is 9.18 Å². The number of amides is 1. The number of hydrogen-bond acceptors (Lipinski definition) is 5. The van der Waals surface area contributed by atoms with Crippen molar-refractivity contribution in [3.63, 3.8) is 0 Å². The number of nitrogens with zero attached hydrogens (tertiary/aromatic N) is 3. The highest BCUT2D eigenvalue weighted by molar-refractivity contribution is 6.31. The van der Waals surface area contributed by atoms with Crippen LogP contribution in [-0.2, 0) is 11.8 Å². The number of pyridine rings is 1. The number of methoxy groups -OCH3 is 1. The molecule has 1 aliphatic heterocycles. The number of fused-ring (bicyclic) bond motifs is 1. The van der Waals surface area contributed by atoms with Crippen molar-refractivity contribution in [2.75, 3.05) is 17.7 Å². The number of carbonyl (C=O) groups excluding carboxylic acids is 1. The number of nitrogens with one attached hydrogen (secondary N) is 2. The summed E-state index contributed by atoms with van der Waals surface area (Å²) in [6, 6.07) is 7.97. The number of aryl methyl sites for hydroxylation is 1. The number of halogens is 1. The van der Waals surface area contributed by atoms with Gasteiger partial charge in [0.15, 0.2) is 0 Å². The predicted octanol–water partition coefficient (Wildman–Crippen LogP) is 3.43. The monoisotopic (exact) mass is 379 g/mol. The highest BCUT2D eigenvalue weighted by atomic mass is 19.1. The smallest absolute Gasteiger partial charge is 0.259 e. The van der Waals surface area contributed by atoms with E-state index in [-0.39, 0.29) is 11.5 Å². The first-order valence-electron chi connectivity index (χ1n) is 8.60. The molecule has 0 fully saturated rings. The van der Waals surface area contributed by atoms with E-state index in [0.29, 0.717) is 34.1 Å². The van der Waals surface area contributed by atoms with E-state index in [2.05, 4.69) is 20.7 Å². The molecule has 7 nitrogen and oxygen atoms in total. The maximum atomic E-state index is 14.5. The van der Waals surface area contributed by atoms with Gasteiger partial charge in [-0.3, -0.25) is 9.48 Å². The van der Waals surface area contributed by atoms with Crippen LogP contribution in [0, 0.1) is 5.82 Å². The molecule has 0 atom stereocenters. The van der Waals surface area contributed by atoms with E-state index in [1.165, 1.54) is 13.2 Å². The molecule has 4 rings (SSSR count). The highest BCUT2D eigenvalue weighted by Gasteiger charge is 2.29. The SMILES string of the molecule is COc1cccc(F)c1-c1ccc2c(n1)/C(=C(\C)Nc1cnn(C)c1)C(=O)N2. The van der Waals surface area contributed by atoms with Crippen molar-refractivity contribution in [1.82, 2.24) is 14.8 Å². The Balaban J connectivity index is 1.81. The van der Waals surface area contributed by atoms with Gasteiger partial charge in [0.1, 0.15) is 17.3 Å². The number of allylic oxidation sites excluding steroid dienone is 1. The zero-order valence-corrected chi connectivity index (χ0v) is 15.6. The van der Waals surface area contributed by atoms with E-state index in [4.69, 9.17) is 4.74 Å². The van der Waals surface area contributed by atoms with Gasteiger partial charge in [0.2, 0.25) is 0 Å².